The molecule has 3 heteroatoms. The molecule has 0 saturated carbocycles. The standard InChI is InChI=1S/C8H16O2.In/c1-3-5-6-7(4-2)8(9)10;/h7H,3-6H2,1-2H3,(H,9,10);. The second kappa shape index (κ2) is 8.44. The van der Waals surface area contributed by atoms with Gasteiger partial charge in [-0.3, -0.25) is 4.79 Å². The predicted molar refractivity (Wildman–Crippen MR) is 46.7 cm³/mol. The van der Waals surface area contributed by atoms with Crippen LogP contribution in [0.2, 0.25) is 0 Å². The Balaban J connectivity index is 0. The number of carboxylic acid groups (broad SMARTS) is 1. The molecule has 11 heavy (non-hydrogen) atoms. The van der Waals surface area contributed by atoms with Crippen LogP contribution < -0.4 is 0 Å². The Kier molecular flexibility index (Phi) is 10.7. The zero-order valence-corrected chi connectivity index (χ0v) is 10.6. The van der Waals surface area contributed by atoms with Crippen molar-refractivity contribution in [1.82, 2.24) is 0 Å². The summed E-state index contributed by atoms with van der Waals surface area (Å²) in [4.78, 5) is 10.4. The maximum atomic E-state index is 10.4. The molecule has 0 aromatic rings. The molecule has 1 atom stereocenters. The topological polar surface area (TPSA) is 37.3 Å². The van der Waals surface area contributed by atoms with E-state index in [0.29, 0.717) is 0 Å². The van der Waals surface area contributed by atoms with Crippen LogP contribution in [0.4, 0.5) is 0 Å². The number of hydrogen-bond donors (Lipinski definition) is 1. The van der Waals surface area contributed by atoms with Gasteiger partial charge in [-0.15, -0.1) is 0 Å². The van der Waals surface area contributed by atoms with Crippen molar-refractivity contribution in [2.24, 2.45) is 5.92 Å². The van der Waals surface area contributed by atoms with E-state index in [1.54, 1.807) is 0 Å². The molecule has 3 radical (unpaired) electrons. The minimum Gasteiger partial charge on any atom is -0.481 e. The Hall–Kier alpha value is 0.340. The van der Waals surface area contributed by atoms with E-state index in [2.05, 4.69) is 6.92 Å². The van der Waals surface area contributed by atoms with Gasteiger partial charge in [0, 0.05) is 25.8 Å². The predicted octanol–water partition coefficient (Wildman–Crippen LogP) is 1.91. The second-order valence-corrected chi connectivity index (χ2v) is 2.59. The van der Waals surface area contributed by atoms with E-state index < -0.39 is 5.97 Å². The van der Waals surface area contributed by atoms with Crippen LogP contribution in [0.15, 0.2) is 0 Å². The summed E-state index contributed by atoms with van der Waals surface area (Å²) in [6.07, 6.45) is 3.71. The summed E-state index contributed by atoms with van der Waals surface area (Å²) in [6.45, 7) is 4.00. The van der Waals surface area contributed by atoms with Gasteiger partial charge in [-0.2, -0.15) is 0 Å². The number of carbonyl (C=O) groups is 1. The summed E-state index contributed by atoms with van der Waals surface area (Å²) >= 11 is 0. The quantitative estimate of drug-likeness (QED) is 0.818. The number of hydrogen-bond acceptors (Lipinski definition) is 1. The summed E-state index contributed by atoms with van der Waals surface area (Å²) in [5, 5.41) is 8.60. The van der Waals surface area contributed by atoms with Crippen molar-refractivity contribution in [2.75, 3.05) is 0 Å². The Morgan fingerprint density at radius 1 is 1.45 bits per heavy atom. The van der Waals surface area contributed by atoms with Crippen molar-refractivity contribution in [3.05, 3.63) is 0 Å². The van der Waals surface area contributed by atoms with E-state index >= 15 is 0 Å². The largest absolute Gasteiger partial charge is 0.481 e. The Morgan fingerprint density at radius 3 is 2.27 bits per heavy atom. The Bertz CT molecular complexity index is 104. The first-order valence-corrected chi connectivity index (χ1v) is 3.95. The minimum atomic E-state index is -0.643. The molecule has 0 bridgehead atoms. The van der Waals surface area contributed by atoms with Gasteiger partial charge < -0.3 is 5.11 Å². The summed E-state index contributed by atoms with van der Waals surface area (Å²) in [7, 11) is 0. The van der Waals surface area contributed by atoms with Gasteiger partial charge in [0.25, 0.3) is 0 Å². The van der Waals surface area contributed by atoms with Gasteiger partial charge in [0.2, 0.25) is 0 Å². The van der Waals surface area contributed by atoms with Gasteiger partial charge in [-0.1, -0.05) is 26.7 Å². The molecule has 0 aliphatic carbocycles. The molecular formula is C8H16InO2. The second-order valence-electron chi connectivity index (χ2n) is 2.59. The normalized spacial score (nSPS) is 11.8. The maximum Gasteiger partial charge on any atom is 0.306 e. The van der Waals surface area contributed by atoms with Crippen molar-refractivity contribution in [3.63, 3.8) is 0 Å². The number of aliphatic carboxylic acids is 1. The van der Waals surface area contributed by atoms with Crippen molar-refractivity contribution in [1.29, 1.82) is 0 Å². The maximum absolute atomic E-state index is 10.4. The molecule has 0 amide bonds. The fourth-order valence-electron chi connectivity index (χ4n) is 0.953. The van der Waals surface area contributed by atoms with E-state index in [4.69, 9.17) is 5.11 Å². The summed E-state index contributed by atoms with van der Waals surface area (Å²) < 4.78 is 0. The third-order valence-electron chi connectivity index (χ3n) is 1.75. The zero-order valence-electron chi connectivity index (χ0n) is 7.34. The van der Waals surface area contributed by atoms with E-state index in [9.17, 15) is 4.79 Å². The van der Waals surface area contributed by atoms with E-state index in [0.717, 1.165) is 25.7 Å². The molecule has 0 rings (SSSR count). The molecule has 2 nitrogen and oxygen atoms in total. The van der Waals surface area contributed by atoms with Gasteiger partial charge in [-0.25, -0.2) is 0 Å². The number of unbranched alkanes of at least 4 members (excludes halogenated alkanes) is 1. The number of rotatable bonds is 5. The first-order chi connectivity index (χ1) is 4.72. The molecule has 1 N–H and O–H groups in total. The van der Waals surface area contributed by atoms with Crippen molar-refractivity contribution >= 4 is 31.8 Å². The molecule has 0 aliphatic rings. The van der Waals surface area contributed by atoms with Gasteiger partial charge in [0.15, 0.2) is 0 Å². The molecular weight excluding hydrogens is 243 g/mol. The van der Waals surface area contributed by atoms with Crippen molar-refractivity contribution in [3.8, 4) is 0 Å². The number of carboxylic acids is 1. The van der Waals surface area contributed by atoms with Crippen LogP contribution in [0.3, 0.4) is 0 Å². The van der Waals surface area contributed by atoms with Gasteiger partial charge in [-0.05, 0) is 12.8 Å². The SMILES string of the molecule is CCCCC(CC)C(=O)O.[In]. The summed E-state index contributed by atoms with van der Waals surface area (Å²) in [6, 6.07) is 0. The average molecular weight is 259 g/mol. The molecule has 0 fully saturated rings. The first kappa shape index (κ1) is 13.9. The van der Waals surface area contributed by atoms with Gasteiger partial charge in [0.1, 0.15) is 0 Å². The van der Waals surface area contributed by atoms with Crippen LogP contribution in [0.5, 0.6) is 0 Å². The van der Waals surface area contributed by atoms with Crippen molar-refractivity contribution < 1.29 is 9.90 Å². The summed E-state index contributed by atoms with van der Waals surface area (Å²) in [5.74, 6) is -0.754. The van der Waals surface area contributed by atoms with Crippen LogP contribution >= 0.6 is 0 Å². The van der Waals surface area contributed by atoms with E-state index in [1.807, 2.05) is 6.92 Å². The van der Waals surface area contributed by atoms with Crippen LogP contribution in [0.1, 0.15) is 39.5 Å². The monoisotopic (exact) mass is 259 g/mol. The van der Waals surface area contributed by atoms with Crippen LogP contribution in [-0.2, 0) is 4.79 Å². The molecule has 0 aromatic heterocycles. The van der Waals surface area contributed by atoms with Gasteiger partial charge in [0.05, 0.1) is 5.92 Å². The Morgan fingerprint density at radius 2 is 2.00 bits per heavy atom. The van der Waals surface area contributed by atoms with Crippen molar-refractivity contribution in [2.45, 2.75) is 39.5 Å². The third-order valence-corrected chi connectivity index (χ3v) is 1.75. The molecule has 0 heterocycles. The smallest absolute Gasteiger partial charge is 0.306 e. The zero-order chi connectivity index (χ0) is 7.98. The first-order valence-electron chi connectivity index (χ1n) is 3.95. The molecule has 0 spiro atoms. The van der Waals surface area contributed by atoms with E-state index in [1.165, 1.54) is 0 Å². The summed E-state index contributed by atoms with van der Waals surface area (Å²) in [5.41, 5.74) is 0. The average Bonchev–Trinajstić information content (AvgIpc) is 1.89. The molecule has 0 saturated heterocycles. The fraction of sp³-hybridized carbons (Fsp3) is 0.875. The molecule has 1 unspecified atom stereocenters. The van der Waals surface area contributed by atoms with Gasteiger partial charge >= 0.3 is 5.97 Å². The van der Waals surface area contributed by atoms with Crippen LogP contribution in [-0.4, -0.2) is 36.9 Å². The molecule has 0 aliphatic heterocycles. The van der Waals surface area contributed by atoms with Crippen LogP contribution in [0, 0.1) is 5.92 Å². The van der Waals surface area contributed by atoms with Crippen LogP contribution in [0.25, 0.3) is 0 Å². The minimum absolute atomic E-state index is 0. The Labute approximate surface area is 87.2 Å². The third kappa shape index (κ3) is 6.73. The van der Waals surface area contributed by atoms with E-state index in [-0.39, 0.29) is 31.8 Å². The fourth-order valence-corrected chi connectivity index (χ4v) is 0.953. The molecule has 63 valence electrons. The molecule has 0 aromatic carbocycles.